The predicted molar refractivity (Wildman–Crippen MR) is 470 cm³/mol. The molecule has 2 aliphatic carbocycles. The Balaban J connectivity index is 0. The van der Waals surface area contributed by atoms with Crippen molar-refractivity contribution in [3.8, 4) is 57.5 Å². The van der Waals surface area contributed by atoms with Gasteiger partial charge in [-0.05, 0) is 334 Å². The van der Waals surface area contributed by atoms with Crippen LogP contribution in [-0.2, 0) is 14.9 Å². The fourth-order valence-electron chi connectivity index (χ4n) is 10.7. The normalized spacial score (nSPS) is 14.7. The van der Waals surface area contributed by atoms with Crippen LogP contribution in [0.2, 0.25) is 0 Å². The molecule has 2 fully saturated rings. The van der Waals surface area contributed by atoms with E-state index < -0.39 is 0 Å². The monoisotopic (exact) mass is 1550 g/mol. The zero-order valence-corrected chi connectivity index (χ0v) is 76.4. The molecular formula is C97H162O14. The Hall–Kier alpha value is -6.84. The predicted octanol–water partition coefficient (Wildman–Crippen LogP) is 26.7. The number of hydrogen-bond acceptors (Lipinski definition) is 14. The first-order chi connectivity index (χ1) is 52.0. The third-order valence-corrected chi connectivity index (χ3v) is 17.7. The van der Waals surface area contributed by atoms with Crippen molar-refractivity contribution in [2.24, 2.45) is 0 Å². The summed E-state index contributed by atoms with van der Waals surface area (Å²) in [6, 6.07) is 48.6. The maximum atomic E-state index is 7.00. The van der Waals surface area contributed by atoms with Crippen molar-refractivity contribution in [2.75, 3.05) is 42.7 Å². The Labute approximate surface area is 679 Å². The smallest absolute Gasteiger partial charge is 0.123 e. The molecule has 111 heavy (non-hydrogen) atoms. The summed E-state index contributed by atoms with van der Waals surface area (Å²) in [6.07, 6.45) is 20.1. The fourth-order valence-corrected chi connectivity index (χ4v) is 10.7. The molecule has 2 saturated carbocycles. The molecule has 2 aliphatic rings. The van der Waals surface area contributed by atoms with E-state index in [2.05, 4.69) is 162 Å². The van der Waals surface area contributed by atoms with Crippen LogP contribution >= 0.6 is 0 Å². The molecule has 14 nitrogen and oxygen atoms in total. The van der Waals surface area contributed by atoms with Gasteiger partial charge >= 0.3 is 0 Å². The minimum Gasteiger partial charge on any atom is -0.491 e. The second-order valence-electron chi connectivity index (χ2n) is 33.8. The second kappa shape index (κ2) is 56.4. The highest BCUT2D eigenvalue weighted by atomic mass is 16.5. The fraction of sp³-hybridized carbons (Fsp3) is 0.629. The lowest BCUT2D eigenvalue weighted by molar-refractivity contribution is 0.0483. The molecule has 5 atom stereocenters. The summed E-state index contributed by atoms with van der Waals surface area (Å²) >= 11 is 0. The third-order valence-electron chi connectivity index (χ3n) is 17.7. The van der Waals surface area contributed by atoms with Gasteiger partial charge in [-0.25, -0.2) is 0 Å². The van der Waals surface area contributed by atoms with Crippen LogP contribution in [0.15, 0.2) is 146 Å². The van der Waals surface area contributed by atoms with Crippen LogP contribution in [0.25, 0.3) is 0 Å². The van der Waals surface area contributed by atoms with Crippen LogP contribution in [0.1, 0.15) is 307 Å². The second-order valence-corrected chi connectivity index (χ2v) is 33.8. The molecular weight excluding hydrogens is 1390 g/mol. The van der Waals surface area contributed by atoms with Crippen LogP contribution in [0, 0.1) is 0 Å². The number of ether oxygens (including phenoxy) is 12. The van der Waals surface area contributed by atoms with E-state index in [9.17, 15) is 0 Å². The van der Waals surface area contributed by atoms with Crippen LogP contribution < -0.4 is 47.4 Å². The zero-order valence-electron chi connectivity index (χ0n) is 76.4. The van der Waals surface area contributed by atoms with E-state index in [1.807, 2.05) is 180 Å². The molecule has 6 aromatic carbocycles. The Bertz CT molecular complexity index is 3080. The van der Waals surface area contributed by atoms with Gasteiger partial charge in [0.05, 0.1) is 24.4 Å². The number of rotatable bonds is 24. The molecule has 0 spiro atoms. The van der Waals surface area contributed by atoms with E-state index in [4.69, 9.17) is 57.6 Å². The van der Waals surface area contributed by atoms with Crippen LogP contribution in [0.3, 0.4) is 0 Å². The average Bonchev–Trinajstić information content (AvgIpc) is 0.826. The molecule has 634 valence electrons. The maximum Gasteiger partial charge on any atom is 0.123 e. The lowest BCUT2D eigenvalue weighted by atomic mass is 9.82. The van der Waals surface area contributed by atoms with Gasteiger partial charge in [0.25, 0.3) is 0 Å². The lowest BCUT2D eigenvalue weighted by Crippen LogP contribution is -2.34. The number of methoxy groups -OCH3 is 2. The first kappa shape index (κ1) is 106. The van der Waals surface area contributed by atoms with Crippen molar-refractivity contribution in [1.82, 2.24) is 0 Å². The summed E-state index contributed by atoms with van der Waals surface area (Å²) in [4.78, 5) is 0. The Morgan fingerprint density at radius 1 is 0.315 bits per heavy atom. The summed E-state index contributed by atoms with van der Waals surface area (Å²) in [5.41, 5.74) is 2.47. The molecule has 0 amide bonds. The summed E-state index contributed by atoms with van der Waals surface area (Å²) in [5, 5.41) is 14.0. The molecule has 0 aliphatic heterocycles. The molecule has 0 saturated heterocycles. The van der Waals surface area contributed by atoms with Gasteiger partial charge in [-0.15, -0.1) is 0 Å². The van der Waals surface area contributed by atoms with Crippen molar-refractivity contribution in [3.05, 3.63) is 157 Å². The van der Waals surface area contributed by atoms with E-state index in [1.165, 1.54) is 81.8 Å². The van der Waals surface area contributed by atoms with Gasteiger partial charge in [0, 0.05) is 54.8 Å². The number of aliphatic hydroxyl groups is 2. The van der Waals surface area contributed by atoms with Gasteiger partial charge < -0.3 is 67.1 Å². The minimum atomic E-state index is -0.172. The Kier molecular flexibility index (Phi) is 54.0. The molecule has 0 bridgehead atoms. The first-order valence-corrected chi connectivity index (χ1v) is 41.1. The van der Waals surface area contributed by atoms with Gasteiger partial charge in [0.1, 0.15) is 91.1 Å². The maximum absolute atomic E-state index is 7.00. The molecule has 14 heteroatoms. The van der Waals surface area contributed by atoms with Gasteiger partial charge in [-0.3, -0.25) is 0 Å². The van der Waals surface area contributed by atoms with Crippen LogP contribution in [0.4, 0.5) is 0 Å². The van der Waals surface area contributed by atoms with Crippen molar-refractivity contribution >= 4 is 0 Å². The molecule has 6 aromatic rings. The molecule has 0 radical (unpaired) electrons. The standard InChI is InChI=1S/C18H28O.C17H26O.4C14H22O2.2C2H6O.2CH4O/c1-5-17(2,3)15-10-9-11-16(14-15)19-18(4)12-7-6-8-13-18;1-4-14(2)15-9-8-10-16(13-15)18-17(3)11-6-5-7-12-17;2*1-6-11(2)15-12-7-9-13(10-8-12)16-14(3,4)5;2*1-6-11(2)15-12-8-7-9-13(10-12)16-14(3,4)5;2*1-3-2;2*1-2/h9-11,14H,5-8,12-13H2,1-4H3;8-10,13-14H,4-7,11-12H2,1-3H3;4*7-11H,6H2,1-5H3;2*1-2H3;2*2H,1H3. The highest BCUT2D eigenvalue weighted by Gasteiger charge is 2.31. The van der Waals surface area contributed by atoms with Crippen molar-refractivity contribution in [2.45, 2.75) is 359 Å². The van der Waals surface area contributed by atoms with Crippen LogP contribution in [0.5, 0.6) is 57.5 Å². The Morgan fingerprint density at radius 3 is 0.874 bits per heavy atom. The summed E-state index contributed by atoms with van der Waals surface area (Å²) in [7, 11) is 8.50. The quantitative estimate of drug-likeness (QED) is 0.0591. The van der Waals surface area contributed by atoms with E-state index in [1.54, 1.807) is 28.4 Å². The minimum absolute atomic E-state index is 0.0488. The van der Waals surface area contributed by atoms with Crippen molar-refractivity contribution in [1.29, 1.82) is 0 Å². The zero-order chi connectivity index (χ0) is 85.1. The van der Waals surface area contributed by atoms with E-state index in [-0.39, 0.29) is 63.4 Å². The van der Waals surface area contributed by atoms with E-state index in [0.717, 1.165) is 104 Å². The SMILES string of the molecule is CCC(C)(C)c1cccc(OC2(C)CCCCC2)c1.CCC(C)Oc1ccc(OC(C)(C)C)cc1.CCC(C)Oc1ccc(OC(C)(C)C)cc1.CCC(C)Oc1cccc(OC(C)(C)C)c1.CCC(C)Oc1cccc(OC(C)(C)C)c1.CCC(C)c1cccc(OC2(C)CCCCC2)c1.CO.CO.COC.COC. The van der Waals surface area contributed by atoms with Crippen molar-refractivity contribution < 1.29 is 67.1 Å². The molecule has 5 unspecified atom stereocenters. The van der Waals surface area contributed by atoms with Gasteiger partial charge in [0.2, 0.25) is 0 Å². The number of benzene rings is 6. The average molecular weight is 1550 g/mol. The Morgan fingerprint density at radius 2 is 0.577 bits per heavy atom. The summed E-state index contributed by atoms with van der Waals surface area (Å²) in [6.45, 7) is 57.1. The number of hydrogen-bond donors (Lipinski definition) is 2. The molecule has 0 aromatic heterocycles. The van der Waals surface area contributed by atoms with Gasteiger partial charge in [-0.1, -0.05) is 112 Å². The van der Waals surface area contributed by atoms with Crippen molar-refractivity contribution in [3.63, 3.8) is 0 Å². The van der Waals surface area contributed by atoms with Gasteiger partial charge in [-0.2, -0.15) is 0 Å². The highest BCUT2D eigenvalue weighted by Crippen LogP contribution is 2.37. The van der Waals surface area contributed by atoms with Crippen LogP contribution in [-0.4, -0.2) is 111 Å². The first-order valence-electron chi connectivity index (χ1n) is 41.1. The molecule has 8 rings (SSSR count). The topological polar surface area (TPSA) is 151 Å². The lowest BCUT2D eigenvalue weighted by Gasteiger charge is -2.35. The summed E-state index contributed by atoms with van der Waals surface area (Å²) < 4.78 is 67.0. The van der Waals surface area contributed by atoms with E-state index >= 15 is 0 Å². The largest absolute Gasteiger partial charge is 0.491 e. The van der Waals surface area contributed by atoms with E-state index in [0.29, 0.717) is 5.92 Å². The highest BCUT2D eigenvalue weighted by molar-refractivity contribution is 5.37. The molecule has 2 N–H and O–H groups in total. The van der Waals surface area contributed by atoms with Gasteiger partial charge in [0.15, 0.2) is 0 Å². The number of aliphatic hydroxyl groups excluding tert-OH is 2. The molecule has 0 heterocycles. The summed E-state index contributed by atoms with van der Waals surface area (Å²) in [5.74, 6) is 9.72. The third kappa shape index (κ3) is 52.2.